The molecule has 2 aromatic carbocycles. The summed E-state index contributed by atoms with van der Waals surface area (Å²) in [6, 6.07) is 10.8. The van der Waals surface area contributed by atoms with E-state index in [1.54, 1.807) is 37.3 Å². The molecule has 0 fully saturated rings. The van der Waals surface area contributed by atoms with Crippen LogP contribution >= 0.6 is 0 Å². The number of likely N-dealkylation sites (N-methyl/N-ethyl adjacent to an activating group) is 1. The SMILES string of the molecule is CCN(Cc1ccc(OC)c(F)c1)C(=O)COC(=O)CNC(=O)c1ccc(OC)cc1. The van der Waals surface area contributed by atoms with Crippen molar-refractivity contribution in [3.05, 3.63) is 59.4 Å². The number of benzene rings is 2. The molecule has 31 heavy (non-hydrogen) atoms. The van der Waals surface area contributed by atoms with Gasteiger partial charge in [-0.05, 0) is 48.9 Å². The number of carbonyl (C=O) groups is 3. The third-order valence-electron chi connectivity index (χ3n) is 4.43. The molecule has 2 amide bonds. The summed E-state index contributed by atoms with van der Waals surface area (Å²) in [6.07, 6.45) is 0. The van der Waals surface area contributed by atoms with Crippen molar-refractivity contribution in [3.63, 3.8) is 0 Å². The van der Waals surface area contributed by atoms with Gasteiger partial charge in [-0.25, -0.2) is 4.39 Å². The predicted molar refractivity (Wildman–Crippen MR) is 110 cm³/mol. The van der Waals surface area contributed by atoms with Gasteiger partial charge in [-0.1, -0.05) is 6.07 Å². The molecule has 1 N–H and O–H groups in total. The first kappa shape index (κ1) is 23.7. The van der Waals surface area contributed by atoms with Crippen LogP contribution < -0.4 is 14.8 Å². The quantitative estimate of drug-likeness (QED) is 0.579. The fourth-order valence-corrected chi connectivity index (χ4v) is 2.69. The Morgan fingerprint density at radius 1 is 1.03 bits per heavy atom. The molecule has 9 heteroatoms. The molecule has 0 atom stereocenters. The summed E-state index contributed by atoms with van der Waals surface area (Å²) < 4.78 is 28.7. The lowest BCUT2D eigenvalue weighted by molar-refractivity contribution is -0.151. The van der Waals surface area contributed by atoms with Gasteiger partial charge in [-0.15, -0.1) is 0 Å². The largest absolute Gasteiger partial charge is 0.497 e. The Kier molecular flexibility index (Phi) is 8.80. The molecule has 166 valence electrons. The molecule has 0 aromatic heterocycles. The van der Waals surface area contributed by atoms with Gasteiger partial charge in [0.15, 0.2) is 18.2 Å². The van der Waals surface area contributed by atoms with Crippen molar-refractivity contribution < 1.29 is 33.0 Å². The number of rotatable bonds is 10. The van der Waals surface area contributed by atoms with E-state index in [1.165, 1.54) is 31.3 Å². The van der Waals surface area contributed by atoms with E-state index in [0.29, 0.717) is 23.4 Å². The number of hydrogen-bond donors (Lipinski definition) is 1. The summed E-state index contributed by atoms with van der Waals surface area (Å²) in [5.74, 6) is -1.45. The molecule has 8 nitrogen and oxygen atoms in total. The Morgan fingerprint density at radius 3 is 2.32 bits per heavy atom. The normalized spacial score (nSPS) is 10.2. The Bertz CT molecular complexity index is 917. The lowest BCUT2D eigenvalue weighted by atomic mass is 10.2. The number of esters is 1. The van der Waals surface area contributed by atoms with Crippen molar-refractivity contribution in [3.8, 4) is 11.5 Å². The van der Waals surface area contributed by atoms with Gasteiger partial charge in [0.1, 0.15) is 12.3 Å². The maximum Gasteiger partial charge on any atom is 0.325 e. The minimum absolute atomic E-state index is 0.115. The number of ether oxygens (including phenoxy) is 3. The molecule has 2 rings (SSSR count). The van der Waals surface area contributed by atoms with Crippen LogP contribution in [0.4, 0.5) is 4.39 Å². The van der Waals surface area contributed by atoms with Crippen LogP contribution in [-0.4, -0.2) is 56.6 Å². The van der Waals surface area contributed by atoms with Crippen molar-refractivity contribution in [1.29, 1.82) is 0 Å². The summed E-state index contributed by atoms with van der Waals surface area (Å²) in [5.41, 5.74) is 0.931. The highest BCUT2D eigenvalue weighted by atomic mass is 19.1. The van der Waals surface area contributed by atoms with Gasteiger partial charge in [-0.3, -0.25) is 14.4 Å². The summed E-state index contributed by atoms with van der Waals surface area (Å²) in [6.45, 7) is 1.40. The molecule has 0 saturated heterocycles. The van der Waals surface area contributed by atoms with Crippen LogP contribution in [0.1, 0.15) is 22.8 Å². The average Bonchev–Trinajstić information content (AvgIpc) is 2.79. The monoisotopic (exact) mass is 432 g/mol. The second-order valence-corrected chi connectivity index (χ2v) is 6.45. The molecule has 2 aromatic rings. The molecule has 0 bridgehead atoms. The molecule has 0 saturated carbocycles. The number of hydrogen-bond acceptors (Lipinski definition) is 6. The molecule has 0 radical (unpaired) electrons. The number of carbonyl (C=O) groups excluding carboxylic acids is 3. The van der Waals surface area contributed by atoms with Crippen LogP contribution in [0.25, 0.3) is 0 Å². The van der Waals surface area contributed by atoms with E-state index in [2.05, 4.69) is 5.32 Å². The van der Waals surface area contributed by atoms with Crippen molar-refractivity contribution in [2.45, 2.75) is 13.5 Å². The number of methoxy groups -OCH3 is 2. The molecular formula is C22H25FN2O6. The standard InChI is InChI=1S/C22H25FN2O6/c1-4-25(13-15-5-10-19(30-3)18(23)11-15)20(26)14-31-21(27)12-24-22(28)16-6-8-17(29-2)9-7-16/h5-11H,4,12-14H2,1-3H3,(H,24,28). The van der Waals surface area contributed by atoms with E-state index in [1.807, 2.05) is 0 Å². The Labute approximate surface area is 179 Å². The van der Waals surface area contributed by atoms with Crippen molar-refractivity contribution >= 4 is 17.8 Å². The first-order valence-corrected chi connectivity index (χ1v) is 9.56. The molecule has 0 unspecified atom stereocenters. The fraction of sp³-hybridized carbons (Fsp3) is 0.318. The third kappa shape index (κ3) is 6.98. The zero-order chi connectivity index (χ0) is 22.8. The second-order valence-electron chi connectivity index (χ2n) is 6.45. The summed E-state index contributed by atoms with van der Waals surface area (Å²) >= 11 is 0. The maximum absolute atomic E-state index is 13.8. The third-order valence-corrected chi connectivity index (χ3v) is 4.43. The molecule has 0 aliphatic heterocycles. The summed E-state index contributed by atoms with van der Waals surface area (Å²) in [5, 5.41) is 2.43. The van der Waals surface area contributed by atoms with Gasteiger partial charge < -0.3 is 24.4 Å². The van der Waals surface area contributed by atoms with Crippen LogP contribution in [-0.2, 0) is 20.9 Å². The summed E-state index contributed by atoms with van der Waals surface area (Å²) in [4.78, 5) is 37.7. The van der Waals surface area contributed by atoms with E-state index < -0.39 is 30.2 Å². The topological polar surface area (TPSA) is 94.2 Å². The first-order chi connectivity index (χ1) is 14.9. The van der Waals surface area contributed by atoms with Gasteiger partial charge in [0, 0.05) is 18.7 Å². The molecule has 0 spiro atoms. The zero-order valence-corrected chi connectivity index (χ0v) is 17.6. The zero-order valence-electron chi connectivity index (χ0n) is 17.6. The minimum Gasteiger partial charge on any atom is -0.497 e. The predicted octanol–water partition coefficient (Wildman–Crippen LogP) is 2.16. The van der Waals surface area contributed by atoms with E-state index in [0.717, 1.165) is 0 Å². The van der Waals surface area contributed by atoms with Crippen molar-refractivity contribution in [1.82, 2.24) is 10.2 Å². The van der Waals surface area contributed by atoms with Crippen LogP contribution in [0.5, 0.6) is 11.5 Å². The van der Waals surface area contributed by atoms with E-state index in [9.17, 15) is 18.8 Å². The van der Waals surface area contributed by atoms with Gasteiger partial charge >= 0.3 is 5.97 Å². The Hall–Kier alpha value is -3.62. The fourth-order valence-electron chi connectivity index (χ4n) is 2.69. The molecule has 0 heterocycles. The highest BCUT2D eigenvalue weighted by molar-refractivity contribution is 5.96. The van der Waals surface area contributed by atoms with E-state index in [-0.39, 0.29) is 18.8 Å². The highest BCUT2D eigenvalue weighted by Crippen LogP contribution is 2.18. The molecular weight excluding hydrogens is 407 g/mol. The van der Waals surface area contributed by atoms with Gasteiger partial charge in [-0.2, -0.15) is 0 Å². The Morgan fingerprint density at radius 2 is 1.74 bits per heavy atom. The first-order valence-electron chi connectivity index (χ1n) is 9.56. The number of nitrogens with one attached hydrogen (secondary N) is 1. The van der Waals surface area contributed by atoms with Gasteiger partial charge in [0.2, 0.25) is 0 Å². The van der Waals surface area contributed by atoms with Gasteiger partial charge in [0.05, 0.1) is 14.2 Å². The van der Waals surface area contributed by atoms with Crippen LogP contribution in [0, 0.1) is 5.82 Å². The minimum atomic E-state index is -0.748. The average molecular weight is 432 g/mol. The molecule has 0 aliphatic carbocycles. The number of amides is 2. The smallest absolute Gasteiger partial charge is 0.325 e. The Balaban J connectivity index is 1.80. The lowest BCUT2D eigenvalue weighted by Gasteiger charge is -2.21. The van der Waals surface area contributed by atoms with Crippen molar-refractivity contribution in [2.24, 2.45) is 0 Å². The van der Waals surface area contributed by atoms with E-state index in [4.69, 9.17) is 14.2 Å². The maximum atomic E-state index is 13.8. The van der Waals surface area contributed by atoms with Crippen LogP contribution in [0.15, 0.2) is 42.5 Å². The second kappa shape index (κ2) is 11.5. The van der Waals surface area contributed by atoms with Crippen molar-refractivity contribution in [2.75, 3.05) is 33.9 Å². The highest BCUT2D eigenvalue weighted by Gasteiger charge is 2.16. The van der Waals surface area contributed by atoms with E-state index >= 15 is 0 Å². The molecule has 0 aliphatic rings. The van der Waals surface area contributed by atoms with Gasteiger partial charge in [0.25, 0.3) is 11.8 Å². The number of nitrogens with zero attached hydrogens (tertiary/aromatic N) is 1. The lowest BCUT2D eigenvalue weighted by Crippen LogP contribution is -2.36. The number of halogens is 1. The van der Waals surface area contributed by atoms with Crippen LogP contribution in [0.2, 0.25) is 0 Å². The summed E-state index contributed by atoms with van der Waals surface area (Å²) in [7, 11) is 2.88. The van der Waals surface area contributed by atoms with Crippen LogP contribution in [0.3, 0.4) is 0 Å².